The Morgan fingerprint density at radius 3 is 0.765 bits per heavy atom. The second-order valence-electron chi connectivity index (χ2n) is 27.1. The molecule has 12 N–H and O–H groups in total. The summed E-state index contributed by atoms with van der Waals surface area (Å²) in [6.45, 7) is 31.7. The number of carbonyl (C=O) groups excluding carboxylic acids is 7. The van der Waals surface area contributed by atoms with Crippen LogP contribution in [0.15, 0.2) is 0 Å². The minimum absolute atomic E-state index is 0.0000926. The number of hydrogen-bond donors (Lipinski definition) is 12. The first-order chi connectivity index (χ1) is 39.9. The highest BCUT2D eigenvalue weighted by Crippen LogP contribution is 2.29. The molecule has 0 aromatic rings. The summed E-state index contributed by atoms with van der Waals surface area (Å²) < 4.78 is 0. The predicted molar refractivity (Wildman–Crippen MR) is 335 cm³/mol. The van der Waals surface area contributed by atoms with Gasteiger partial charge in [0, 0.05) is 91.0 Å². The molecular weight excluding hydrogens is 1090 g/mol. The highest BCUT2D eigenvalue weighted by atomic mass is 16.3. The molecule has 2 saturated carbocycles. The SMILES string of the molecule is CC(C)C(=O)C(O)C1CCCCC1.CC(C)C(=O)C(O)C1CCCCC1.CC(C)C(=O)C(O)C1CCCCN1.CC(C)C(=O)C(O)C1CCCN1.CC(C)C(=O)C(O)C1CCN1.CC(C)C(=O)C(O)C1CCNC1.CC(C)C(=O)C(O)C1CNC1. The van der Waals surface area contributed by atoms with E-state index in [0.717, 1.165) is 116 Å². The van der Waals surface area contributed by atoms with Gasteiger partial charge in [-0.15, -0.1) is 0 Å². The number of ketones is 7. The van der Waals surface area contributed by atoms with Crippen LogP contribution in [0.1, 0.15) is 206 Å². The molecule has 7 aliphatic rings. The Morgan fingerprint density at radius 1 is 0.259 bits per heavy atom. The normalized spacial score (nSPS) is 24.2. The number of carbonyl (C=O) groups is 7. The fourth-order valence-electron chi connectivity index (χ4n) is 11.0. The Bertz CT molecular complexity index is 1730. The van der Waals surface area contributed by atoms with Crippen LogP contribution in [0.5, 0.6) is 0 Å². The first-order valence-electron chi connectivity index (χ1n) is 33.0. The first-order valence-corrected chi connectivity index (χ1v) is 33.0. The molecule has 5 saturated heterocycles. The molecule has 5 heterocycles. The Morgan fingerprint density at radius 2 is 0.518 bits per heavy atom. The maximum atomic E-state index is 11.5. The molecule has 85 heavy (non-hydrogen) atoms. The van der Waals surface area contributed by atoms with E-state index in [2.05, 4.69) is 26.6 Å². The molecule has 0 amide bonds. The maximum absolute atomic E-state index is 11.5. The Kier molecular flexibility index (Phi) is 40.6. The highest BCUT2D eigenvalue weighted by molar-refractivity contribution is 5.87. The molecule has 11 unspecified atom stereocenters. The van der Waals surface area contributed by atoms with Gasteiger partial charge in [-0.3, -0.25) is 33.6 Å². The molecule has 0 radical (unpaired) electrons. The Balaban J connectivity index is 0.000000496. The summed E-state index contributed by atoms with van der Waals surface area (Å²) in [6.07, 6.45) is 13.1. The van der Waals surface area contributed by atoms with Crippen molar-refractivity contribution in [3.63, 3.8) is 0 Å². The van der Waals surface area contributed by atoms with E-state index in [4.69, 9.17) is 0 Å². The van der Waals surface area contributed by atoms with Crippen LogP contribution in [0, 0.1) is 65.1 Å². The molecule has 0 spiro atoms. The maximum Gasteiger partial charge on any atom is 0.165 e. The predicted octanol–water partition coefficient (Wildman–Crippen LogP) is 5.25. The molecule has 2 aliphatic carbocycles. The van der Waals surface area contributed by atoms with E-state index in [1.54, 1.807) is 0 Å². The second kappa shape index (κ2) is 43.0. The van der Waals surface area contributed by atoms with Crippen LogP contribution in [0.2, 0.25) is 0 Å². The Labute approximate surface area is 512 Å². The first kappa shape index (κ1) is 80.2. The molecule has 7 rings (SSSR count). The number of nitrogens with one attached hydrogen (secondary N) is 5. The minimum atomic E-state index is -0.805. The van der Waals surface area contributed by atoms with E-state index in [0.29, 0.717) is 0 Å². The van der Waals surface area contributed by atoms with Crippen molar-refractivity contribution in [2.75, 3.05) is 45.8 Å². The molecule has 0 bridgehead atoms. The zero-order valence-electron chi connectivity index (χ0n) is 55.1. The van der Waals surface area contributed by atoms with Gasteiger partial charge < -0.3 is 62.3 Å². The van der Waals surface area contributed by atoms with E-state index < -0.39 is 42.7 Å². The van der Waals surface area contributed by atoms with Crippen molar-refractivity contribution >= 4 is 40.5 Å². The third-order valence-corrected chi connectivity index (χ3v) is 17.5. The average molecular weight is 1210 g/mol. The third-order valence-electron chi connectivity index (χ3n) is 17.5. The molecule has 19 nitrogen and oxygen atoms in total. The van der Waals surface area contributed by atoms with Gasteiger partial charge in [-0.25, -0.2) is 0 Å². The largest absolute Gasteiger partial charge is 0.385 e. The van der Waals surface area contributed by atoms with E-state index in [1.807, 2.05) is 96.9 Å². The quantitative estimate of drug-likeness (QED) is 0.0698. The van der Waals surface area contributed by atoms with Gasteiger partial charge in [0.15, 0.2) is 40.5 Å². The number of Topliss-reactive ketones (excluding diaryl/α,β-unsaturated/α-hetero) is 7. The van der Waals surface area contributed by atoms with Gasteiger partial charge in [0.05, 0.1) is 0 Å². The topological polar surface area (TPSA) is 321 Å². The Hall–Kier alpha value is -2.79. The van der Waals surface area contributed by atoms with Crippen LogP contribution >= 0.6 is 0 Å². The average Bonchev–Trinajstić information content (AvgIpc) is 4.41. The van der Waals surface area contributed by atoms with Crippen LogP contribution in [-0.4, -0.2) is 183 Å². The lowest BCUT2D eigenvalue weighted by molar-refractivity contribution is -0.134. The van der Waals surface area contributed by atoms with E-state index >= 15 is 0 Å². The van der Waals surface area contributed by atoms with Gasteiger partial charge >= 0.3 is 0 Å². The van der Waals surface area contributed by atoms with Gasteiger partial charge in [-0.05, 0) is 102 Å². The molecule has 0 aromatic carbocycles. The molecule has 5 aliphatic heterocycles. The van der Waals surface area contributed by atoms with Crippen molar-refractivity contribution < 1.29 is 69.3 Å². The van der Waals surface area contributed by atoms with Crippen molar-refractivity contribution in [1.82, 2.24) is 26.6 Å². The zero-order valence-corrected chi connectivity index (χ0v) is 55.1. The molecule has 11 atom stereocenters. The standard InChI is InChI=1S/2C11H20O2.C10H19NO2.2C9H17NO2.2C8H15NO2/c2*1-8(2)10(12)11(13)9-6-4-3-5-7-9;1-7(2)9(12)10(13)8-5-3-4-6-11-8;1-6(2)8(11)9(12)7-3-4-10-5-7;1-6(2)8(11)9(12)7-4-3-5-10-7;1-5(2)7(10)8(11)6-3-9-4-6;1-5(2)7(10)8(11)6-3-4-9-6/h2*8-9,11,13H,3-7H2,1-2H3;7-8,10-11,13H,3-6H2,1-2H3;2*6-7,9-10,12H,3-5H2,1-2H3;2*5-6,8-9,11H,3-4H2,1-2H3. The summed E-state index contributed by atoms with van der Waals surface area (Å²) in [6, 6.07) is 0.00782. The minimum Gasteiger partial charge on any atom is -0.385 e. The summed E-state index contributed by atoms with van der Waals surface area (Å²) in [5.41, 5.74) is 0. The molecule has 19 heteroatoms. The monoisotopic (exact) mass is 1210 g/mol. The van der Waals surface area contributed by atoms with Crippen molar-refractivity contribution in [2.24, 2.45) is 65.1 Å². The number of aliphatic hydroxyl groups is 7. The fourth-order valence-corrected chi connectivity index (χ4v) is 11.0. The lowest BCUT2D eigenvalue weighted by Crippen LogP contribution is -2.54. The summed E-state index contributed by atoms with van der Waals surface area (Å²) in [5.74, 6) is 0.251. The highest BCUT2D eigenvalue weighted by Gasteiger charge is 2.35. The lowest BCUT2D eigenvalue weighted by Gasteiger charge is -2.31. The number of aliphatic hydroxyl groups excluding tert-OH is 7. The van der Waals surface area contributed by atoms with Crippen molar-refractivity contribution in [1.29, 1.82) is 0 Å². The van der Waals surface area contributed by atoms with E-state index in [1.165, 1.54) is 38.5 Å². The molecule has 496 valence electrons. The van der Waals surface area contributed by atoms with Gasteiger partial charge in [0.1, 0.15) is 42.7 Å². The summed E-state index contributed by atoms with van der Waals surface area (Å²) in [4.78, 5) is 79.5. The molecular formula is C66H123N5O14. The summed E-state index contributed by atoms with van der Waals surface area (Å²) in [7, 11) is 0. The molecule has 0 aromatic heterocycles. The lowest BCUT2D eigenvalue weighted by atomic mass is 9.82. The second-order valence-corrected chi connectivity index (χ2v) is 27.1. The summed E-state index contributed by atoms with van der Waals surface area (Å²) >= 11 is 0. The van der Waals surface area contributed by atoms with Gasteiger partial charge in [-0.1, -0.05) is 142 Å². The van der Waals surface area contributed by atoms with Gasteiger partial charge in [0.25, 0.3) is 0 Å². The fraction of sp³-hybridized carbons (Fsp3) is 0.894. The van der Waals surface area contributed by atoms with Crippen LogP contribution in [0.4, 0.5) is 0 Å². The van der Waals surface area contributed by atoms with Gasteiger partial charge in [0.2, 0.25) is 0 Å². The van der Waals surface area contributed by atoms with Crippen LogP contribution in [0.3, 0.4) is 0 Å². The number of hydrogen-bond acceptors (Lipinski definition) is 19. The van der Waals surface area contributed by atoms with Crippen LogP contribution in [-0.2, 0) is 33.6 Å². The van der Waals surface area contributed by atoms with Crippen LogP contribution < -0.4 is 26.6 Å². The van der Waals surface area contributed by atoms with Crippen molar-refractivity contribution in [3.05, 3.63) is 0 Å². The van der Waals surface area contributed by atoms with E-state index in [-0.39, 0.29) is 124 Å². The van der Waals surface area contributed by atoms with Crippen molar-refractivity contribution in [2.45, 2.75) is 267 Å². The van der Waals surface area contributed by atoms with Gasteiger partial charge in [-0.2, -0.15) is 0 Å². The number of rotatable bonds is 21. The third kappa shape index (κ3) is 29.6. The summed E-state index contributed by atoms with van der Waals surface area (Å²) in [5, 5.41) is 82.7. The van der Waals surface area contributed by atoms with Crippen molar-refractivity contribution in [3.8, 4) is 0 Å². The zero-order chi connectivity index (χ0) is 64.7. The van der Waals surface area contributed by atoms with E-state index in [9.17, 15) is 69.3 Å². The van der Waals surface area contributed by atoms with Crippen LogP contribution in [0.25, 0.3) is 0 Å². The smallest absolute Gasteiger partial charge is 0.165 e. The number of piperidine rings is 1. The molecule has 7 fully saturated rings.